The van der Waals surface area contributed by atoms with Crippen LogP contribution in [0.15, 0.2) is 0 Å². The summed E-state index contributed by atoms with van der Waals surface area (Å²) in [5.74, 6) is 57.9. The van der Waals surface area contributed by atoms with Crippen LogP contribution in [0, 0.1) is 142 Å². The molecule has 0 aromatic carbocycles. The number of hydrogen-bond acceptors (Lipinski definition) is 12. The molecule has 1 aliphatic heterocycles. The third kappa shape index (κ3) is 32.1. The molecule has 0 aliphatic carbocycles. The molecule has 0 spiro atoms. The van der Waals surface area contributed by atoms with Crippen molar-refractivity contribution in [1.82, 2.24) is 5.32 Å². The minimum atomic E-state index is -5.20. The van der Waals surface area contributed by atoms with E-state index in [1.54, 1.807) is 6.92 Å². The molecule has 15 heteroatoms. The van der Waals surface area contributed by atoms with Crippen molar-refractivity contribution in [1.29, 1.82) is 0 Å². The minimum absolute atomic E-state index is 0. The van der Waals surface area contributed by atoms with Crippen LogP contribution in [0.4, 0.5) is 0 Å². The van der Waals surface area contributed by atoms with Crippen molar-refractivity contribution in [3.63, 3.8) is 0 Å². The summed E-state index contributed by atoms with van der Waals surface area (Å²) in [7, 11) is -5.20. The molecule has 1 fully saturated rings. The molecule has 8 atom stereocenters. The second-order valence-corrected chi connectivity index (χ2v) is 14.5. The average Bonchev–Trinajstić information content (AvgIpc) is 3.27. The van der Waals surface area contributed by atoms with Gasteiger partial charge in [0, 0.05) is 41.4 Å². The first kappa shape index (κ1) is 59.8. The van der Waals surface area contributed by atoms with Gasteiger partial charge in [-0.15, -0.1) is 0 Å². The van der Waals surface area contributed by atoms with Gasteiger partial charge in [0.1, 0.15) is 30.5 Å². The monoisotopic (exact) mass is 911 g/mol. The molecule has 1 saturated heterocycles. The number of carbonyl (C=O) groups excluding carboxylic acids is 1. The van der Waals surface area contributed by atoms with Crippen LogP contribution in [0.25, 0.3) is 0 Å². The van der Waals surface area contributed by atoms with E-state index in [2.05, 4.69) is 159 Å². The molecule has 1 rings (SSSR count). The van der Waals surface area contributed by atoms with E-state index < -0.39 is 78.5 Å². The maximum atomic E-state index is 12.7. The van der Waals surface area contributed by atoms with Crippen LogP contribution in [0.1, 0.15) is 97.3 Å². The maximum Gasteiger partial charge on any atom is 1.00 e. The normalized spacial score (nSPS) is 17.4. The van der Waals surface area contributed by atoms with Crippen molar-refractivity contribution < 1.29 is 86.5 Å². The number of nitrogens with one attached hydrogen (secondary N) is 1. The first-order chi connectivity index (χ1) is 30.9. The Hall–Kier alpha value is -5.22. The predicted octanol–water partition coefficient (Wildman–Crippen LogP) is -2.35. The fourth-order valence-corrected chi connectivity index (χ4v) is 5.68. The third-order valence-corrected chi connectivity index (χ3v) is 9.00. The molecule has 334 valence electrons. The van der Waals surface area contributed by atoms with Crippen LogP contribution < -0.4 is 34.9 Å². The summed E-state index contributed by atoms with van der Waals surface area (Å²) < 4.78 is 47.8. The molecule has 1 amide bonds. The zero-order chi connectivity index (χ0) is 47.1. The SMILES string of the molecule is CC#CC#CC#CC#CC#CC#CC#CC#CC#CC#CC#CC#CC(=O)N[C@@H](CO[C@H]1OC(COS(=O)(=O)[O-])[C@H](O)[C@H](O)C1O)[C@H](O)[C@H](O)CCCCCCCCCCCCCC.[Na+]. The molecular formula is C50H50NNaO12S. The Balaban J connectivity index is 0.0000410. The molecule has 1 heterocycles. The first-order valence-corrected chi connectivity index (χ1v) is 21.8. The number of hydrogen-bond donors (Lipinski definition) is 6. The van der Waals surface area contributed by atoms with Crippen LogP contribution in [0.3, 0.4) is 0 Å². The van der Waals surface area contributed by atoms with Crippen LogP contribution >= 0.6 is 0 Å². The number of aliphatic hydroxyl groups excluding tert-OH is 5. The summed E-state index contributed by atoms with van der Waals surface area (Å²) in [5, 5.41) is 55.3. The minimum Gasteiger partial charge on any atom is -0.726 e. The summed E-state index contributed by atoms with van der Waals surface area (Å²) in [5.41, 5.74) is 0. The van der Waals surface area contributed by atoms with Gasteiger partial charge in [0.05, 0.1) is 25.4 Å². The Labute approximate surface area is 407 Å². The van der Waals surface area contributed by atoms with E-state index in [-0.39, 0.29) is 36.0 Å². The number of unbranched alkanes of at least 4 members (excludes halogenated alkanes) is 11. The molecule has 0 radical (unpaired) electrons. The Morgan fingerprint density at radius 3 is 1.45 bits per heavy atom. The van der Waals surface area contributed by atoms with Gasteiger partial charge in [0.2, 0.25) is 10.4 Å². The van der Waals surface area contributed by atoms with E-state index in [0.717, 1.165) is 25.7 Å². The van der Waals surface area contributed by atoms with Gasteiger partial charge < -0.3 is 44.9 Å². The van der Waals surface area contributed by atoms with Gasteiger partial charge in [-0.3, -0.25) is 8.98 Å². The number of aliphatic hydroxyl groups is 5. The van der Waals surface area contributed by atoms with Gasteiger partial charge in [0.25, 0.3) is 5.91 Å². The summed E-state index contributed by atoms with van der Waals surface area (Å²) in [6.45, 7) is 2.22. The van der Waals surface area contributed by atoms with E-state index in [1.165, 1.54) is 44.9 Å². The third-order valence-electron chi connectivity index (χ3n) is 8.58. The largest absolute Gasteiger partial charge is 1.00 e. The van der Waals surface area contributed by atoms with E-state index in [0.29, 0.717) is 6.42 Å². The molecule has 13 nitrogen and oxygen atoms in total. The van der Waals surface area contributed by atoms with Crippen LogP contribution in [-0.4, -0.2) is 107 Å². The summed E-state index contributed by atoms with van der Waals surface area (Å²) >= 11 is 0. The van der Waals surface area contributed by atoms with Gasteiger partial charge in [-0.1, -0.05) is 89.9 Å². The molecule has 2 unspecified atom stereocenters. The quantitative estimate of drug-likeness (QED) is 0.0222. The summed E-state index contributed by atoms with van der Waals surface area (Å²) in [6, 6.07) is -1.36. The second-order valence-electron chi connectivity index (χ2n) is 13.5. The Morgan fingerprint density at radius 1 is 0.631 bits per heavy atom. The van der Waals surface area contributed by atoms with Gasteiger partial charge >= 0.3 is 29.6 Å². The van der Waals surface area contributed by atoms with Gasteiger partial charge in [-0.2, -0.15) is 0 Å². The Morgan fingerprint density at radius 2 is 1.03 bits per heavy atom. The average molecular weight is 912 g/mol. The number of rotatable bonds is 22. The zero-order valence-corrected chi connectivity index (χ0v) is 39.5. The fourth-order valence-electron chi connectivity index (χ4n) is 5.38. The molecular weight excluding hydrogens is 862 g/mol. The molecule has 65 heavy (non-hydrogen) atoms. The standard InChI is InChI=1S/C50H51NO12S.Na/c1-3-5-7-9-11-13-15-17-18-19-20-21-22-23-24-25-26-27-29-31-33-35-37-39-45(53)51-42(40-61-50-49(57)48(56)47(55)44(63-50)41-62-64(58,59)60)46(54)43(52)38-36-34-32-30-28-16-14-12-10-8-6-4-2;/h42-44,46-50,52,54-57H,4,6,8,10,12,14,16,28,30,32,34,36,38,40-41H2,1-2H3,(H,51,53)(H,58,59,60);/q;+1/p-1/t42-,43+,44?,46-,47-,48-,49?,50-;/m0./s1. The van der Waals surface area contributed by atoms with Crippen molar-refractivity contribution >= 4 is 16.3 Å². The Bertz CT molecular complexity index is 2420. The molecule has 0 saturated carbocycles. The second kappa shape index (κ2) is 39.2. The van der Waals surface area contributed by atoms with Crippen LogP contribution in [0.5, 0.6) is 0 Å². The number of carbonyl (C=O) groups is 1. The van der Waals surface area contributed by atoms with Crippen molar-refractivity contribution in [3.8, 4) is 142 Å². The van der Waals surface area contributed by atoms with E-state index in [1.807, 2.05) is 0 Å². The number of amides is 1. The summed E-state index contributed by atoms with van der Waals surface area (Å²) in [6.07, 6.45) is 1.43. The predicted molar refractivity (Wildman–Crippen MR) is 237 cm³/mol. The molecule has 0 aromatic rings. The zero-order valence-electron chi connectivity index (χ0n) is 36.7. The van der Waals surface area contributed by atoms with E-state index in [4.69, 9.17) is 9.47 Å². The number of ether oxygens (including phenoxy) is 2. The smallest absolute Gasteiger partial charge is 0.726 e. The maximum absolute atomic E-state index is 12.7. The van der Waals surface area contributed by atoms with Gasteiger partial charge in [-0.25, -0.2) is 8.42 Å². The fraction of sp³-hybridized carbons (Fsp3) is 0.500. The van der Waals surface area contributed by atoms with Crippen LogP contribution in [0.2, 0.25) is 0 Å². The van der Waals surface area contributed by atoms with Gasteiger partial charge in [0.15, 0.2) is 6.29 Å². The van der Waals surface area contributed by atoms with Crippen molar-refractivity contribution in [3.05, 3.63) is 0 Å². The van der Waals surface area contributed by atoms with Crippen molar-refractivity contribution in [2.75, 3.05) is 13.2 Å². The Kier molecular flexibility index (Phi) is 36.0. The molecule has 6 N–H and O–H groups in total. The summed E-state index contributed by atoms with van der Waals surface area (Å²) in [4.78, 5) is 12.7. The van der Waals surface area contributed by atoms with Crippen molar-refractivity contribution in [2.24, 2.45) is 0 Å². The topological polar surface area (TPSA) is 215 Å². The van der Waals surface area contributed by atoms with E-state index >= 15 is 0 Å². The molecule has 1 aliphatic rings. The van der Waals surface area contributed by atoms with Crippen LogP contribution in [-0.2, 0) is 28.9 Å². The first-order valence-electron chi connectivity index (χ1n) is 20.4. The van der Waals surface area contributed by atoms with Gasteiger partial charge in [-0.05, 0) is 108 Å². The molecule has 0 bridgehead atoms. The van der Waals surface area contributed by atoms with E-state index in [9.17, 15) is 43.3 Å². The molecule has 0 aromatic heterocycles. The van der Waals surface area contributed by atoms with Crippen molar-refractivity contribution in [2.45, 2.75) is 146 Å².